The molecule has 1 aliphatic rings. The van der Waals surface area contributed by atoms with Gasteiger partial charge in [0.05, 0.1) is 18.1 Å². The molecule has 0 unspecified atom stereocenters. The Bertz CT molecular complexity index is 534. The van der Waals surface area contributed by atoms with Crippen molar-refractivity contribution in [3.63, 3.8) is 0 Å². The van der Waals surface area contributed by atoms with Crippen molar-refractivity contribution < 1.29 is 4.74 Å². The molecule has 1 aromatic carbocycles. The van der Waals surface area contributed by atoms with E-state index >= 15 is 0 Å². The van der Waals surface area contributed by atoms with Gasteiger partial charge in [-0.2, -0.15) is 0 Å². The summed E-state index contributed by atoms with van der Waals surface area (Å²) in [6, 6.07) is 6.55. The van der Waals surface area contributed by atoms with Crippen LogP contribution in [0.1, 0.15) is 12.8 Å². The number of nitrogens with zero attached hydrogens (tertiary/aromatic N) is 1. The lowest BCUT2D eigenvalue weighted by molar-refractivity contribution is 0.415. The maximum atomic E-state index is 5.21. The summed E-state index contributed by atoms with van der Waals surface area (Å²) < 4.78 is 5.21. The molecule has 1 saturated heterocycles. The van der Waals surface area contributed by atoms with Gasteiger partial charge in [0.15, 0.2) is 5.16 Å². The number of hydrogen-bond acceptors (Lipinski definition) is 4. The average Bonchev–Trinajstić information content (AvgIpc) is 3.04. The fourth-order valence-corrected chi connectivity index (χ4v) is 3.23. The normalized spacial score (nSPS) is 19.5. The van der Waals surface area contributed by atoms with E-state index in [4.69, 9.17) is 4.74 Å². The first kappa shape index (κ1) is 11.9. The number of aromatic nitrogens is 2. The highest BCUT2D eigenvalue weighted by atomic mass is 32.2. The standard InChI is InChI=1S/C13H17N3OS/c1-17-10-4-5-11-12(7-10)16-13(15-11)18-8-9-3-2-6-14-9/h4-5,7,9,14H,2-3,6,8H2,1H3,(H,15,16)/t9-/m0/s1. The Balaban J connectivity index is 1.72. The van der Waals surface area contributed by atoms with Gasteiger partial charge in [-0.3, -0.25) is 0 Å². The van der Waals surface area contributed by atoms with Crippen LogP contribution in [0.3, 0.4) is 0 Å². The lowest BCUT2D eigenvalue weighted by Crippen LogP contribution is -2.23. The number of methoxy groups -OCH3 is 1. The number of benzene rings is 1. The number of hydrogen-bond donors (Lipinski definition) is 2. The van der Waals surface area contributed by atoms with Crippen LogP contribution in [0, 0.1) is 0 Å². The zero-order valence-corrected chi connectivity index (χ0v) is 11.2. The SMILES string of the molecule is COc1ccc2nc(SC[C@@H]3CCCN3)[nH]c2c1. The van der Waals surface area contributed by atoms with E-state index in [0.717, 1.165) is 34.2 Å². The van der Waals surface area contributed by atoms with Gasteiger partial charge in [-0.05, 0) is 31.5 Å². The zero-order chi connectivity index (χ0) is 12.4. The molecule has 1 fully saturated rings. The molecule has 18 heavy (non-hydrogen) atoms. The number of aromatic amines is 1. The molecule has 0 amide bonds. The van der Waals surface area contributed by atoms with E-state index in [0.29, 0.717) is 6.04 Å². The Morgan fingerprint density at radius 2 is 2.44 bits per heavy atom. The van der Waals surface area contributed by atoms with Crippen molar-refractivity contribution in [1.29, 1.82) is 0 Å². The second-order valence-corrected chi connectivity index (χ2v) is 5.54. The summed E-state index contributed by atoms with van der Waals surface area (Å²) in [4.78, 5) is 7.91. The molecule has 0 bridgehead atoms. The Morgan fingerprint density at radius 3 is 3.22 bits per heavy atom. The molecule has 1 atom stereocenters. The van der Waals surface area contributed by atoms with Crippen molar-refractivity contribution in [3.05, 3.63) is 18.2 Å². The van der Waals surface area contributed by atoms with E-state index in [1.807, 2.05) is 18.2 Å². The molecule has 0 spiro atoms. The lowest BCUT2D eigenvalue weighted by Gasteiger charge is -2.06. The minimum atomic E-state index is 0.637. The highest BCUT2D eigenvalue weighted by Gasteiger charge is 2.15. The number of nitrogens with one attached hydrogen (secondary N) is 2. The van der Waals surface area contributed by atoms with E-state index in [-0.39, 0.29) is 0 Å². The van der Waals surface area contributed by atoms with Crippen molar-refractivity contribution >= 4 is 22.8 Å². The van der Waals surface area contributed by atoms with Crippen LogP contribution in [0.4, 0.5) is 0 Å². The minimum Gasteiger partial charge on any atom is -0.497 e. The quantitative estimate of drug-likeness (QED) is 0.832. The maximum absolute atomic E-state index is 5.21. The Kier molecular flexibility index (Phi) is 3.43. The van der Waals surface area contributed by atoms with Crippen LogP contribution in [0.5, 0.6) is 5.75 Å². The van der Waals surface area contributed by atoms with Gasteiger partial charge in [-0.15, -0.1) is 0 Å². The summed E-state index contributed by atoms with van der Waals surface area (Å²) >= 11 is 1.79. The fourth-order valence-electron chi connectivity index (χ4n) is 2.24. The van der Waals surface area contributed by atoms with Gasteiger partial charge in [0.25, 0.3) is 0 Å². The summed E-state index contributed by atoms with van der Waals surface area (Å²) in [5.74, 6) is 1.94. The Hall–Kier alpha value is -1.20. The van der Waals surface area contributed by atoms with E-state index < -0.39 is 0 Å². The molecular formula is C13H17N3OS. The summed E-state index contributed by atoms with van der Waals surface area (Å²) in [6.07, 6.45) is 2.57. The lowest BCUT2D eigenvalue weighted by atomic mass is 10.3. The second kappa shape index (κ2) is 5.20. The van der Waals surface area contributed by atoms with Crippen molar-refractivity contribution in [2.75, 3.05) is 19.4 Å². The van der Waals surface area contributed by atoms with Crippen LogP contribution in [0.2, 0.25) is 0 Å². The number of rotatable bonds is 4. The van der Waals surface area contributed by atoms with Crippen LogP contribution in [0.25, 0.3) is 11.0 Å². The fraction of sp³-hybridized carbons (Fsp3) is 0.462. The van der Waals surface area contributed by atoms with Gasteiger partial charge in [-0.25, -0.2) is 4.98 Å². The van der Waals surface area contributed by atoms with Gasteiger partial charge in [0, 0.05) is 17.9 Å². The Labute approximate surface area is 111 Å². The van der Waals surface area contributed by atoms with E-state index in [1.54, 1.807) is 18.9 Å². The van der Waals surface area contributed by atoms with Gasteiger partial charge in [-0.1, -0.05) is 11.8 Å². The average molecular weight is 263 g/mol. The van der Waals surface area contributed by atoms with Crippen molar-refractivity contribution in [1.82, 2.24) is 15.3 Å². The summed E-state index contributed by atoms with van der Waals surface area (Å²) in [6.45, 7) is 1.16. The highest BCUT2D eigenvalue weighted by molar-refractivity contribution is 7.99. The first-order chi connectivity index (χ1) is 8.85. The molecule has 0 saturated carbocycles. The monoisotopic (exact) mass is 263 g/mol. The van der Waals surface area contributed by atoms with Gasteiger partial charge in [0.2, 0.25) is 0 Å². The molecule has 0 aliphatic carbocycles. The van der Waals surface area contributed by atoms with E-state index in [2.05, 4.69) is 15.3 Å². The maximum Gasteiger partial charge on any atom is 0.166 e. The number of imidazole rings is 1. The van der Waals surface area contributed by atoms with E-state index in [1.165, 1.54) is 12.8 Å². The van der Waals surface area contributed by atoms with Crippen LogP contribution >= 0.6 is 11.8 Å². The number of thioether (sulfide) groups is 1. The van der Waals surface area contributed by atoms with Gasteiger partial charge in [0.1, 0.15) is 5.75 Å². The first-order valence-corrected chi connectivity index (χ1v) is 7.23. The second-order valence-electron chi connectivity index (χ2n) is 4.53. The smallest absolute Gasteiger partial charge is 0.166 e. The Morgan fingerprint density at radius 1 is 1.50 bits per heavy atom. The van der Waals surface area contributed by atoms with E-state index in [9.17, 15) is 0 Å². The summed E-state index contributed by atoms with van der Waals surface area (Å²) in [5.41, 5.74) is 2.04. The molecule has 0 radical (unpaired) electrons. The molecule has 2 heterocycles. The van der Waals surface area contributed by atoms with Crippen molar-refractivity contribution in [3.8, 4) is 5.75 Å². The molecular weight excluding hydrogens is 246 g/mol. The van der Waals surface area contributed by atoms with Crippen LogP contribution < -0.4 is 10.1 Å². The largest absolute Gasteiger partial charge is 0.497 e. The molecule has 5 heteroatoms. The molecule has 1 aromatic heterocycles. The number of H-pyrrole nitrogens is 1. The summed E-state index contributed by atoms with van der Waals surface area (Å²) in [7, 11) is 1.68. The third-order valence-electron chi connectivity index (χ3n) is 3.25. The molecule has 3 rings (SSSR count). The number of fused-ring (bicyclic) bond motifs is 1. The molecule has 4 nitrogen and oxygen atoms in total. The van der Waals surface area contributed by atoms with Crippen LogP contribution in [-0.4, -0.2) is 35.4 Å². The molecule has 96 valence electrons. The third kappa shape index (κ3) is 2.47. The first-order valence-electron chi connectivity index (χ1n) is 6.25. The predicted octanol–water partition coefficient (Wildman–Crippen LogP) is 2.42. The molecule has 2 N–H and O–H groups in total. The predicted molar refractivity (Wildman–Crippen MR) is 74.4 cm³/mol. The minimum absolute atomic E-state index is 0.637. The van der Waals surface area contributed by atoms with Gasteiger partial charge < -0.3 is 15.0 Å². The topological polar surface area (TPSA) is 49.9 Å². The molecule has 2 aromatic rings. The summed E-state index contributed by atoms with van der Waals surface area (Å²) in [5, 5.41) is 4.49. The van der Waals surface area contributed by atoms with Crippen molar-refractivity contribution in [2.45, 2.75) is 24.0 Å². The third-order valence-corrected chi connectivity index (χ3v) is 4.29. The van der Waals surface area contributed by atoms with Crippen LogP contribution in [0.15, 0.2) is 23.4 Å². The highest BCUT2D eigenvalue weighted by Crippen LogP contribution is 2.24. The number of ether oxygens (including phenoxy) is 1. The van der Waals surface area contributed by atoms with Crippen molar-refractivity contribution in [2.24, 2.45) is 0 Å². The zero-order valence-electron chi connectivity index (χ0n) is 10.4. The molecule has 1 aliphatic heterocycles. The van der Waals surface area contributed by atoms with Gasteiger partial charge >= 0.3 is 0 Å². The van der Waals surface area contributed by atoms with Crippen LogP contribution in [-0.2, 0) is 0 Å².